The molecule has 0 aliphatic carbocycles. The maximum absolute atomic E-state index is 12.9. The van der Waals surface area contributed by atoms with E-state index >= 15 is 0 Å². The third kappa shape index (κ3) is 5.28. The zero-order valence-electron chi connectivity index (χ0n) is 17.1. The van der Waals surface area contributed by atoms with Crippen LogP contribution in [0.15, 0.2) is 30.3 Å². The fraction of sp³-hybridized carbons (Fsp3) is 0.591. The first kappa shape index (κ1) is 21.1. The lowest BCUT2D eigenvalue weighted by Gasteiger charge is -2.41. The van der Waals surface area contributed by atoms with Gasteiger partial charge < -0.3 is 14.4 Å². The fourth-order valence-corrected chi connectivity index (χ4v) is 4.21. The topological polar surface area (TPSA) is 76.2 Å². The molecule has 158 valence electrons. The molecule has 2 amide bonds. The number of piperidine rings is 1. The van der Waals surface area contributed by atoms with Gasteiger partial charge in [0, 0.05) is 13.1 Å². The second-order valence-electron chi connectivity index (χ2n) is 7.79. The normalized spacial score (nSPS) is 21.8. The Kier molecular flexibility index (Phi) is 7.12. The van der Waals surface area contributed by atoms with Crippen molar-refractivity contribution in [1.82, 2.24) is 9.80 Å². The molecule has 0 spiro atoms. The summed E-state index contributed by atoms with van der Waals surface area (Å²) in [5, 5.41) is 0. The Bertz CT molecular complexity index is 723. The summed E-state index contributed by atoms with van der Waals surface area (Å²) in [5.41, 5.74) is 0.562. The minimum absolute atomic E-state index is 0.00174. The van der Waals surface area contributed by atoms with Crippen LogP contribution in [0.2, 0.25) is 0 Å². The van der Waals surface area contributed by atoms with Gasteiger partial charge in [0.2, 0.25) is 5.91 Å². The standard InChI is InChI=1S/C22H30N2O5/c1-2-28-20(26)22(11-6-10-18-8-4-3-5-9-18)12-7-13-24(17-22)19(25)16-23-14-15-29-21(23)27/h3-5,8-9H,2,6-7,10-17H2,1H3/t22-/m1/s1. The van der Waals surface area contributed by atoms with E-state index in [2.05, 4.69) is 12.1 Å². The van der Waals surface area contributed by atoms with Crippen molar-refractivity contribution in [3.63, 3.8) is 0 Å². The van der Waals surface area contributed by atoms with Crippen LogP contribution in [0, 0.1) is 5.41 Å². The molecule has 7 nitrogen and oxygen atoms in total. The summed E-state index contributed by atoms with van der Waals surface area (Å²) in [4.78, 5) is 40.5. The van der Waals surface area contributed by atoms with Crippen LogP contribution in [-0.4, -0.2) is 67.2 Å². The van der Waals surface area contributed by atoms with Gasteiger partial charge in [-0.15, -0.1) is 0 Å². The van der Waals surface area contributed by atoms with Crippen molar-refractivity contribution in [3.8, 4) is 0 Å². The van der Waals surface area contributed by atoms with Gasteiger partial charge in [-0.05, 0) is 44.6 Å². The van der Waals surface area contributed by atoms with Crippen LogP contribution in [0.5, 0.6) is 0 Å². The van der Waals surface area contributed by atoms with Crippen molar-refractivity contribution in [2.75, 3.05) is 39.4 Å². The van der Waals surface area contributed by atoms with E-state index in [1.165, 1.54) is 10.5 Å². The van der Waals surface area contributed by atoms with E-state index in [0.29, 0.717) is 39.3 Å². The van der Waals surface area contributed by atoms with E-state index in [-0.39, 0.29) is 18.4 Å². The summed E-state index contributed by atoms with van der Waals surface area (Å²) in [6, 6.07) is 10.2. The zero-order chi connectivity index (χ0) is 20.7. The van der Waals surface area contributed by atoms with Gasteiger partial charge in [0.15, 0.2) is 0 Å². The first-order chi connectivity index (χ1) is 14.0. The second kappa shape index (κ2) is 9.76. The van der Waals surface area contributed by atoms with Gasteiger partial charge in [0.05, 0.1) is 18.6 Å². The molecule has 0 bridgehead atoms. The molecule has 2 aliphatic heterocycles. The van der Waals surface area contributed by atoms with Crippen LogP contribution in [-0.2, 0) is 25.5 Å². The molecule has 0 aromatic heterocycles. The molecule has 1 aromatic carbocycles. The molecule has 7 heteroatoms. The van der Waals surface area contributed by atoms with Crippen LogP contribution in [0.3, 0.4) is 0 Å². The largest absolute Gasteiger partial charge is 0.466 e. The molecule has 1 aromatic rings. The fourth-order valence-electron chi connectivity index (χ4n) is 4.21. The molecule has 2 aliphatic rings. The minimum atomic E-state index is -0.676. The van der Waals surface area contributed by atoms with Gasteiger partial charge in [0.1, 0.15) is 13.2 Å². The number of benzene rings is 1. The number of likely N-dealkylation sites (tertiary alicyclic amines) is 1. The lowest BCUT2D eigenvalue weighted by atomic mass is 9.75. The molecule has 0 saturated carbocycles. The number of cyclic esters (lactones) is 1. The molecule has 1 atom stereocenters. The molecular weight excluding hydrogens is 372 g/mol. The lowest BCUT2D eigenvalue weighted by molar-refractivity contribution is -0.161. The predicted octanol–water partition coefficient (Wildman–Crippen LogP) is 2.63. The Labute approximate surface area is 171 Å². The molecule has 0 radical (unpaired) electrons. The van der Waals surface area contributed by atoms with Crippen molar-refractivity contribution in [1.29, 1.82) is 0 Å². The van der Waals surface area contributed by atoms with Gasteiger partial charge in [-0.1, -0.05) is 30.3 Å². The predicted molar refractivity (Wildman–Crippen MR) is 107 cm³/mol. The van der Waals surface area contributed by atoms with Crippen LogP contribution in [0.4, 0.5) is 4.79 Å². The third-order valence-corrected chi connectivity index (χ3v) is 5.77. The quantitative estimate of drug-likeness (QED) is 0.625. The molecule has 2 saturated heterocycles. The first-order valence-corrected chi connectivity index (χ1v) is 10.4. The number of nitrogens with zero attached hydrogens (tertiary/aromatic N) is 2. The number of hydrogen-bond donors (Lipinski definition) is 0. The summed E-state index contributed by atoms with van der Waals surface area (Å²) in [6.07, 6.45) is 3.43. The molecule has 2 heterocycles. The molecular formula is C22H30N2O5. The summed E-state index contributed by atoms with van der Waals surface area (Å²) in [6.45, 7) is 3.83. The summed E-state index contributed by atoms with van der Waals surface area (Å²) < 4.78 is 10.3. The Morgan fingerprint density at radius 1 is 1.21 bits per heavy atom. The Morgan fingerprint density at radius 3 is 2.69 bits per heavy atom. The molecule has 2 fully saturated rings. The van der Waals surface area contributed by atoms with Crippen LogP contribution >= 0.6 is 0 Å². The average Bonchev–Trinajstić information content (AvgIpc) is 3.13. The van der Waals surface area contributed by atoms with E-state index in [1.54, 1.807) is 11.8 Å². The number of carbonyl (C=O) groups excluding carboxylic acids is 3. The first-order valence-electron chi connectivity index (χ1n) is 10.4. The highest BCUT2D eigenvalue weighted by atomic mass is 16.6. The van der Waals surface area contributed by atoms with Crippen molar-refractivity contribution in [2.45, 2.75) is 39.0 Å². The number of rotatable bonds is 8. The van der Waals surface area contributed by atoms with Crippen LogP contribution in [0.1, 0.15) is 38.2 Å². The van der Waals surface area contributed by atoms with Gasteiger partial charge in [-0.3, -0.25) is 14.5 Å². The second-order valence-corrected chi connectivity index (χ2v) is 7.79. The van der Waals surface area contributed by atoms with Crippen molar-refractivity contribution in [2.24, 2.45) is 5.41 Å². The summed E-state index contributed by atoms with van der Waals surface area (Å²) >= 11 is 0. The smallest absolute Gasteiger partial charge is 0.410 e. The Morgan fingerprint density at radius 2 is 2.00 bits per heavy atom. The SMILES string of the molecule is CCOC(=O)[C@]1(CCCc2ccccc2)CCCN(C(=O)CN2CCOC2=O)C1. The van der Waals surface area contributed by atoms with Crippen molar-refractivity contribution < 1.29 is 23.9 Å². The summed E-state index contributed by atoms with van der Waals surface area (Å²) in [5.74, 6) is -0.355. The number of ether oxygens (including phenoxy) is 2. The Balaban J connectivity index is 1.65. The molecule has 0 N–H and O–H groups in total. The van der Waals surface area contributed by atoms with E-state index in [0.717, 1.165) is 25.7 Å². The minimum Gasteiger partial charge on any atom is -0.466 e. The highest BCUT2D eigenvalue weighted by Gasteiger charge is 2.44. The van der Waals surface area contributed by atoms with E-state index in [9.17, 15) is 14.4 Å². The van der Waals surface area contributed by atoms with Gasteiger partial charge in [-0.25, -0.2) is 4.79 Å². The average molecular weight is 402 g/mol. The number of carbonyl (C=O) groups is 3. The number of aryl methyl sites for hydroxylation is 1. The molecule has 0 unspecified atom stereocenters. The number of esters is 1. The third-order valence-electron chi connectivity index (χ3n) is 5.77. The van der Waals surface area contributed by atoms with Gasteiger partial charge >= 0.3 is 12.1 Å². The highest BCUT2D eigenvalue weighted by molar-refractivity contribution is 5.84. The summed E-state index contributed by atoms with van der Waals surface area (Å²) in [7, 11) is 0. The number of amides is 2. The van der Waals surface area contributed by atoms with Crippen molar-refractivity contribution in [3.05, 3.63) is 35.9 Å². The van der Waals surface area contributed by atoms with E-state index in [1.807, 2.05) is 18.2 Å². The van der Waals surface area contributed by atoms with Gasteiger partial charge in [0.25, 0.3) is 0 Å². The van der Waals surface area contributed by atoms with Gasteiger partial charge in [-0.2, -0.15) is 0 Å². The molecule has 29 heavy (non-hydrogen) atoms. The maximum Gasteiger partial charge on any atom is 0.410 e. The van der Waals surface area contributed by atoms with E-state index in [4.69, 9.17) is 9.47 Å². The van der Waals surface area contributed by atoms with Crippen LogP contribution in [0.25, 0.3) is 0 Å². The monoisotopic (exact) mass is 402 g/mol. The van der Waals surface area contributed by atoms with Crippen LogP contribution < -0.4 is 0 Å². The number of hydrogen-bond acceptors (Lipinski definition) is 5. The molecule has 3 rings (SSSR count). The Hall–Kier alpha value is -2.57. The van der Waals surface area contributed by atoms with E-state index < -0.39 is 11.5 Å². The van der Waals surface area contributed by atoms with Crippen molar-refractivity contribution >= 4 is 18.0 Å². The highest BCUT2D eigenvalue weighted by Crippen LogP contribution is 2.37. The zero-order valence-corrected chi connectivity index (χ0v) is 17.1. The lowest BCUT2D eigenvalue weighted by Crippen LogP contribution is -2.52. The maximum atomic E-state index is 12.9.